The third-order valence-electron chi connectivity index (χ3n) is 4.42. The van der Waals surface area contributed by atoms with Gasteiger partial charge in [-0.25, -0.2) is 0 Å². The summed E-state index contributed by atoms with van der Waals surface area (Å²) in [6, 6.07) is 11.2. The van der Waals surface area contributed by atoms with Gasteiger partial charge < -0.3 is 5.32 Å². The molecule has 106 valence electrons. The molecule has 0 saturated heterocycles. The number of hydrogen-bond donors (Lipinski definition) is 1. The molecule has 2 aromatic rings. The first-order chi connectivity index (χ1) is 9.78. The molecule has 0 amide bonds. The molecular formula is C17H23N3. The normalized spacial score (nSPS) is 16.3. The van der Waals surface area contributed by atoms with Gasteiger partial charge in [-0.1, -0.05) is 43.5 Å². The van der Waals surface area contributed by atoms with Crippen LogP contribution in [0.15, 0.2) is 30.3 Å². The molecule has 1 aliphatic carbocycles. The number of aryl methyl sites for hydroxylation is 1. The van der Waals surface area contributed by atoms with Crippen LogP contribution in [0.4, 0.5) is 5.82 Å². The van der Waals surface area contributed by atoms with Gasteiger partial charge in [0.1, 0.15) is 5.82 Å². The summed E-state index contributed by atoms with van der Waals surface area (Å²) in [6.45, 7) is 0. The molecule has 3 rings (SSSR count). The molecule has 0 aliphatic heterocycles. The SMILES string of the molecule is CNc1cc(-c2ccc(C3CCCCC3)cc2)n(C)n1. The van der Waals surface area contributed by atoms with Gasteiger partial charge in [-0.15, -0.1) is 0 Å². The van der Waals surface area contributed by atoms with Crippen molar-refractivity contribution in [2.75, 3.05) is 12.4 Å². The molecule has 1 heterocycles. The largest absolute Gasteiger partial charge is 0.372 e. The lowest BCUT2D eigenvalue weighted by molar-refractivity contribution is 0.443. The van der Waals surface area contributed by atoms with Crippen LogP contribution < -0.4 is 5.32 Å². The van der Waals surface area contributed by atoms with E-state index in [2.05, 4.69) is 40.7 Å². The van der Waals surface area contributed by atoms with Crippen LogP contribution in [0.3, 0.4) is 0 Å². The predicted molar refractivity (Wildman–Crippen MR) is 84.0 cm³/mol. The van der Waals surface area contributed by atoms with Gasteiger partial charge in [0.25, 0.3) is 0 Å². The molecule has 1 aromatic carbocycles. The Labute approximate surface area is 121 Å². The minimum atomic E-state index is 0.775. The number of aromatic nitrogens is 2. The fourth-order valence-corrected chi connectivity index (χ4v) is 3.22. The standard InChI is InChI=1S/C17H23N3/c1-18-17-12-16(20(2)19-17)15-10-8-14(9-11-15)13-6-4-3-5-7-13/h8-13H,3-7H2,1-2H3,(H,18,19). The van der Waals surface area contributed by atoms with E-state index < -0.39 is 0 Å². The molecule has 1 fully saturated rings. The predicted octanol–water partition coefficient (Wildman–Crippen LogP) is 4.18. The summed E-state index contributed by atoms with van der Waals surface area (Å²) in [4.78, 5) is 0. The van der Waals surface area contributed by atoms with E-state index >= 15 is 0 Å². The molecule has 3 nitrogen and oxygen atoms in total. The monoisotopic (exact) mass is 269 g/mol. The van der Waals surface area contributed by atoms with Gasteiger partial charge in [-0.2, -0.15) is 5.10 Å². The van der Waals surface area contributed by atoms with Crippen molar-refractivity contribution >= 4 is 5.82 Å². The zero-order valence-corrected chi connectivity index (χ0v) is 12.4. The Bertz CT molecular complexity index is 562. The van der Waals surface area contributed by atoms with E-state index in [9.17, 15) is 0 Å². The lowest BCUT2D eigenvalue weighted by Crippen LogP contribution is -2.04. The van der Waals surface area contributed by atoms with Gasteiger partial charge >= 0.3 is 0 Å². The Morgan fingerprint density at radius 2 is 1.80 bits per heavy atom. The van der Waals surface area contributed by atoms with Crippen molar-refractivity contribution in [3.8, 4) is 11.3 Å². The molecule has 0 atom stereocenters. The van der Waals surface area contributed by atoms with Gasteiger partial charge in [0, 0.05) is 20.2 Å². The van der Waals surface area contributed by atoms with Crippen LogP contribution in [0.25, 0.3) is 11.3 Å². The number of nitrogens with one attached hydrogen (secondary N) is 1. The number of benzene rings is 1. The first-order valence-corrected chi connectivity index (χ1v) is 7.60. The summed E-state index contributed by atoms with van der Waals surface area (Å²) in [5.41, 5.74) is 3.90. The van der Waals surface area contributed by atoms with Crippen LogP contribution in [0.5, 0.6) is 0 Å². The highest BCUT2D eigenvalue weighted by Gasteiger charge is 2.15. The maximum Gasteiger partial charge on any atom is 0.148 e. The van der Waals surface area contributed by atoms with Crippen LogP contribution in [0.2, 0.25) is 0 Å². The van der Waals surface area contributed by atoms with Gasteiger partial charge in [0.15, 0.2) is 0 Å². The Hall–Kier alpha value is -1.77. The fraction of sp³-hybridized carbons (Fsp3) is 0.471. The lowest BCUT2D eigenvalue weighted by atomic mass is 9.84. The molecule has 0 radical (unpaired) electrons. The van der Waals surface area contributed by atoms with E-state index in [0.29, 0.717) is 0 Å². The second-order valence-electron chi connectivity index (χ2n) is 5.75. The molecular weight excluding hydrogens is 246 g/mol. The highest BCUT2D eigenvalue weighted by atomic mass is 15.3. The molecule has 1 N–H and O–H groups in total. The van der Waals surface area contributed by atoms with Gasteiger partial charge in [-0.05, 0) is 29.9 Å². The number of anilines is 1. The Morgan fingerprint density at radius 1 is 1.10 bits per heavy atom. The van der Waals surface area contributed by atoms with E-state index in [1.807, 2.05) is 18.8 Å². The average molecular weight is 269 g/mol. The first-order valence-electron chi connectivity index (χ1n) is 7.60. The molecule has 1 aliphatic rings. The Morgan fingerprint density at radius 3 is 2.40 bits per heavy atom. The molecule has 3 heteroatoms. The molecule has 0 bridgehead atoms. The molecule has 20 heavy (non-hydrogen) atoms. The summed E-state index contributed by atoms with van der Waals surface area (Å²) in [5.74, 6) is 1.69. The summed E-state index contributed by atoms with van der Waals surface area (Å²) in [7, 11) is 3.89. The van der Waals surface area contributed by atoms with Crippen molar-refractivity contribution in [2.45, 2.75) is 38.0 Å². The van der Waals surface area contributed by atoms with E-state index in [4.69, 9.17) is 0 Å². The third kappa shape index (κ3) is 2.58. The molecule has 1 aromatic heterocycles. The summed E-state index contributed by atoms with van der Waals surface area (Å²) < 4.78 is 1.93. The second-order valence-corrected chi connectivity index (χ2v) is 5.75. The van der Waals surface area contributed by atoms with Crippen LogP contribution in [0.1, 0.15) is 43.6 Å². The van der Waals surface area contributed by atoms with Crippen molar-refractivity contribution in [1.29, 1.82) is 0 Å². The smallest absolute Gasteiger partial charge is 0.148 e. The maximum atomic E-state index is 4.42. The lowest BCUT2D eigenvalue weighted by Gasteiger charge is -2.22. The Kier molecular flexibility index (Phi) is 3.77. The van der Waals surface area contributed by atoms with Crippen molar-refractivity contribution in [3.05, 3.63) is 35.9 Å². The van der Waals surface area contributed by atoms with Crippen LogP contribution in [-0.4, -0.2) is 16.8 Å². The van der Waals surface area contributed by atoms with Crippen LogP contribution in [0, 0.1) is 0 Å². The third-order valence-corrected chi connectivity index (χ3v) is 4.42. The fourth-order valence-electron chi connectivity index (χ4n) is 3.22. The van der Waals surface area contributed by atoms with Crippen LogP contribution in [-0.2, 0) is 7.05 Å². The number of rotatable bonds is 3. The van der Waals surface area contributed by atoms with E-state index in [1.165, 1.54) is 43.2 Å². The molecule has 0 unspecified atom stereocenters. The van der Waals surface area contributed by atoms with Gasteiger partial charge in [-0.3, -0.25) is 4.68 Å². The van der Waals surface area contributed by atoms with Crippen LogP contribution >= 0.6 is 0 Å². The average Bonchev–Trinajstić information content (AvgIpc) is 2.89. The topological polar surface area (TPSA) is 29.9 Å². The van der Waals surface area contributed by atoms with E-state index in [1.54, 1.807) is 0 Å². The zero-order chi connectivity index (χ0) is 13.9. The number of nitrogens with zero attached hydrogens (tertiary/aromatic N) is 2. The molecule has 0 spiro atoms. The molecule has 1 saturated carbocycles. The number of hydrogen-bond acceptors (Lipinski definition) is 2. The maximum absolute atomic E-state index is 4.42. The van der Waals surface area contributed by atoms with Crippen molar-refractivity contribution in [1.82, 2.24) is 9.78 Å². The van der Waals surface area contributed by atoms with E-state index in [-0.39, 0.29) is 0 Å². The summed E-state index contributed by atoms with van der Waals surface area (Å²) >= 11 is 0. The Balaban J connectivity index is 1.83. The van der Waals surface area contributed by atoms with Crippen molar-refractivity contribution in [2.24, 2.45) is 7.05 Å². The minimum absolute atomic E-state index is 0.775. The minimum Gasteiger partial charge on any atom is -0.372 e. The van der Waals surface area contributed by atoms with Gasteiger partial charge in [0.05, 0.1) is 5.69 Å². The first kappa shape index (κ1) is 13.2. The summed E-state index contributed by atoms with van der Waals surface area (Å²) in [5, 5.41) is 7.51. The summed E-state index contributed by atoms with van der Waals surface area (Å²) in [6.07, 6.45) is 6.90. The zero-order valence-electron chi connectivity index (χ0n) is 12.4. The highest BCUT2D eigenvalue weighted by molar-refractivity contribution is 5.63. The van der Waals surface area contributed by atoms with E-state index in [0.717, 1.165) is 17.4 Å². The van der Waals surface area contributed by atoms with Gasteiger partial charge in [0.2, 0.25) is 0 Å². The van der Waals surface area contributed by atoms with Crippen molar-refractivity contribution < 1.29 is 0 Å². The highest BCUT2D eigenvalue weighted by Crippen LogP contribution is 2.33. The van der Waals surface area contributed by atoms with Crippen molar-refractivity contribution in [3.63, 3.8) is 0 Å². The quantitative estimate of drug-likeness (QED) is 0.906. The second kappa shape index (κ2) is 5.70.